The lowest BCUT2D eigenvalue weighted by molar-refractivity contribution is -0.124. The van der Waals surface area contributed by atoms with Crippen LogP contribution in [0.25, 0.3) is 6.08 Å². The zero-order valence-electron chi connectivity index (χ0n) is 8.59. The van der Waals surface area contributed by atoms with Crippen LogP contribution in [0, 0.1) is 0 Å². The third-order valence-corrected chi connectivity index (χ3v) is 1.89. The van der Waals surface area contributed by atoms with Crippen LogP contribution in [0.1, 0.15) is 5.56 Å². The molecule has 0 aliphatic rings. The van der Waals surface area contributed by atoms with Gasteiger partial charge in [-0.15, -0.1) is 0 Å². The van der Waals surface area contributed by atoms with E-state index in [4.69, 9.17) is 0 Å². The van der Waals surface area contributed by atoms with Gasteiger partial charge in [0.1, 0.15) is 6.10 Å². The average molecular weight is 206 g/mol. The Kier molecular flexibility index (Phi) is 4.74. The summed E-state index contributed by atoms with van der Waals surface area (Å²) in [7, 11) is 1.44. The van der Waals surface area contributed by atoms with E-state index in [1.807, 2.05) is 30.3 Å². The maximum Gasteiger partial charge on any atom is 0.186 e. The van der Waals surface area contributed by atoms with Gasteiger partial charge in [0.25, 0.3) is 0 Å². The SMILES string of the molecule is COC[C@@H](O)C(=O)/C=C/c1ccccc1. The van der Waals surface area contributed by atoms with Crippen LogP contribution in [-0.4, -0.2) is 30.7 Å². The van der Waals surface area contributed by atoms with Crippen LogP contribution < -0.4 is 0 Å². The number of aliphatic hydroxyl groups excluding tert-OH is 1. The van der Waals surface area contributed by atoms with Gasteiger partial charge in [0, 0.05) is 7.11 Å². The van der Waals surface area contributed by atoms with Gasteiger partial charge in [-0.3, -0.25) is 4.79 Å². The molecule has 3 heteroatoms. The Balaban J connectivity index is 2.55. The first-order valence-corrected chi connectivity index (χ1v) is 4.68. The average Bonchev–Trinajstić information content (AvgIpc) is 2.27. The number of benzene rings is 1. The molecule has 0 aromatic heterocycles. The van der Waals surface area contributed by atoms with Crippen molar-refractivity contribution < 1.29 is 14.6 Å². The summed E-state index contributed by atoms with van der Waals surface area (Å²) in [4.78, 5) is 11.3. The lowest BCUT2D eigenvalue weighted by atomic mass is 10.1. The summed E-state index contributed by atoms with van der Waals surface area (Å²) in [6, 6.07) is 9.43. The highest BCUT2D eigenvalue weighted by molar-refractivity contribution is 5.96. The van der Waals surface area contributed by atoms with Gasteiger partial charge < -0.3 is 9.84 Å². The van der Waals surface area contributed by atoms with Crippen LogP contribution in [0.3, 0.4) is 0 Å². The Morgan fingerprint density at radius 2 is 2.13 bits per heavy atom. The van der Waals surface area contributed by atoms with Gasteiger partial charge in [-0.05, 0) is 11.6 Å². The predicted molar refractivity (Wildman–Crippen MR) is 58.4 cm³/mol. The molecule has 1 aromatic rings. The van der Waals surface area contributed by atoms with Gasteiger partial charge in [-0.25, -0.2) is 0 Å². The number of rotatable bonds is 5. The smallest absolute Gasteiger partial charge is 0.186 e. The van der Waals surface area contributed by atoms with Crippen LogP contribution in [0.4, 0.5) is 0 Å². The summed E-state index contributed by atoms with van der Waals surface area (Å²) in [5, 5.41) is 9.27. The zero-order valence-corrected chi connectivity index (χ0v) is 8.59. The molecule has 0 aliphatic heterocycles. The topological polar surface area (TPSA) is 46.5 Å². The number of hydrogen-bond donors (Lipinski definition) is 1. The van der Waals surface area contributed by atoms with Gasteiger partial charge in [0.05, 0.1) is 6.61 Å². The van der Waals surface area contributed by atoms with E-state index in [-0.39, 0.29) is 12.4 Å². The molecule has 1 N–H and O–H groups in total. The minimum absolute atomic E-state index is 0.0258. The molecule has 3 nitrogen and oxygen atoms in total. The van der Waals surface area contributed by atoms with Crippen LogP contribution in [0.5, 0.6) is 0 Å². The van der Waals surface area contributed by atoms with E-state index in [9.17, 15) is 9.90 Å². The second kappa shape index (κ2) is 6.11. The molecule has 0 heterocycles. The number of aliphatic hydroxyl groups is 1. The Labute approximate surface area is 89.0 Å². The normalized spacial score (nSPS) is 12.9. The van der Waals surface area contributed by atoms with Gasteiger partial charge in [-0.2, -0.15) is 0 Å². The molecule has 1 aromatic carbocycles. The number of ketones is 1. The molecule has 15 heavy (non-hydrogen) atoms. The minimum atomic E-state index is -1.07. The summed E-state index contributed by atoms with van der Waals surface area (Å²) >= 11 is 0. The summed E-state index contributed by atoms with van der Waals surface area (Å²) < 4.78 is 4.67. The van der Waals surface area contributed by atoms with Crippen molar-refractivity contribution in [2.75, 3.05) is 13.7 Å². The molecule has 0 saturated carbocycles. The molecule has 0 fully saturated rings. The standard InChI is InChI=1S/C12H14O3/c1-15-9-12(14)11(13)8-7-10-5-3-2-4-6-10/h2-8,12,14H,9H2,1H3/b8-7+/t12-/m1/s1. The number of carbonyl (C=O) groups excluding carboxylic acids is 1. The fraction of sp³-hybridized carbons (Fsp3) is 0.250. The van der Waals surface area contributed by atoms with E-state index < -0.39 is 6.10 Å². The Hall–Kier alpha value is -1.45. The van der Waals surface area contributed by atoms with Crippen molar-refractivity contribution >= 4 is 11.9 Å². The van der Waals surface area contributed by atoms with Crippen molar-refractivity contribution in [2.24, 2.45) is 0 Å². The van der Waals surface area contributed by atoms with Crippen molar-refractivity contribution in [3.63, 3.8) is 0 Å². The first kappa shape index (κ1) is 11.6. The number of carbonyl (C=O) groups is 1. The molecule has 1 rings (SSSR count). The Bertz CT molecular complexity index is 330. The molecule has 0 spiro atoms. The van der Waals surface area contributed by atoms with Crippen molar-refractivity contribution in [2.45, 2.75) is 6.10 Å². The van der Waals surface area contributed by atoms with E-state index in [1.165, 1.54) is 13.2 Å². The molecule has 0 amide bonds. The molecule has 0 bridgehead atoms. The van der Waals surface area contributed by atoms with Gasteiger partial charge in [0.15, 0.2) is 5.78 Å². The lowest BCUT2D eigenvalue weighted by Gasteiger charge is -2.03. The molecule has 0 radical (unpaired) electrons. The van der Waals surface area contributed by atoms with E-state index in [1.54, 1.807) is 6.08 Å². The Morgan fingerprint density at radius 1 is 1.47 bits per heavy atom. The molecule has 0 unspecified atom stereocenters. The van der Waals surface area contributed by atoms with Gasteiger partial charge in [-0.1, -0.05) is 36.4 Å². The highest BCUT2D eigenvalue weighted by Crippen LogP contribution is 2.01. The van der Waals surface area contributed by atoms with E-state index in [2.05, 4.69) is 4.74 Å². The zero-order chi connectivity index (χ0) is 11.1. The van der Waals surface area contributed by atoms with Crippen LogP contribution in [-0.2, 0) is 9.53 Å². The minimum Gasteiger partial charge on any atom is -0.383 e. The van der Waals surface area contributed by atoms with Crippen molar-refractivity contribution in [3.05, 3.63) is 42.0 Å². The maximum absolute atomic E-state index is 11.3. The largest absolute Gasteiger partial charge is 0.383 e. The third kappa shape index (κ3) is 4.06. The third-order valence-electron chi connectivity index (χ3n) is 1.89. The van der Waals surface area contributed by atoms with E-state index >= 15 is 0 Å². The Morgan fingerprint density at radius 3 is 2.73 bits per heavy atom. The van der Waals surface area contributed by atoms with Crippen LogP contribution in [0.15, 0.2) is 36.4 Å². The van der Waals surface area contributed by atoms with Crippen molar-refractivity contribution in [3.8, 4) is 0 Å². The fourth-order valence-corrected chi connectivity index (χ4v) is 1.09. The summed E-state index contributed by atoms with van der Waals surface area (Å²) in [6.07, 6.45) is 1.95. The summed E-state index contributed by atoms with van der Waals surface area (Å²) in [5.74, 6) is -0.347. The fourth-order valence-electron chi connectivity index (χ4n) is 1.09. The monoisotopic (exact) mass is 206 g/mol. The van der Waals surface area contributed by atoms with Crippen molar-refractivity contribution in [1.82, 2.24) is 0 Å². The first-order valence-electron chi connectivity index (χ1n) is 4.68. The second-order valence-electron chi connectivity index (χ2n) is 3.12. The molecule has 1 atom stereocenters. The van der Waals surface area contributed by atoms with E-state index in [0.717, 1.165) is 5.56 Å². The van der Waals surface area contributed by atoms with Crippen LogP contribution in [0.2, 0.25) is 0 Å². The van der Waals surface area contributed by atoms with Crippen molar-refractivity contribution in [1.29, 1.82) is 0 Å². The number of ether oxygens (including phenoxy) is 1. The summed E-state index contributed by atoms with van der Waals surface area (Å²) in [6.45, 7) is 0.0258. The summed E-state index contributed by atoms with van der Waals surface area (Å²) in [5.41, 5.74) is 0.926. The lowest BCUT2D eigenvalue weighted by Crippen LogP contribution is -2.23. The second-order valence-corrected chi connectivity index (χ2v) is 3.12. The molecular formula is C12H14O3. The molecule has 0 saturated heterocycles. The quantitative estimate of drug-likeness (QED) is 0.738. The number of methoxy groups -OCH3 is 1. The maximum atomic E-state index is 11.3. The molecule has 80 valence electrons. The molecule has 0 aliphatic carbocycles. The highest BCUT2D eigenvalue weighted by atomic mass is 16.5. The van der Waals surface area contributed by atoms with Crippen LogP contribution >= 0.6 is 0 Å². The first-order chi connectivity index (χ1) is 7.24. The number of hydrogen-bond acceptors (Lipinski definition) is 3. The van der Waals surface area contributed by atoms with Gasteiger partial charge >= 0.3 is 0 Å². The molecular weight excluding hydrogens is 192 g/mol. The highest BCUT2D eigenvalue weighted by Gasteiger charge is 2.10. The van der Waals surface area contributed by atoms with Gasteiger partial charge in [0.2, 0.25) is 0 Å². The van der Waals surface area contributed by atoms with E-state index in [0.29, 0.717) is 0 Å². The predicted octanol–water partition coefficient (Wildman–Crippen LogP) is 1.28.